The molecule has 0 aromatic heterocycles. The Hall–Kier alpha value is -2.80. The van der Waals surface area contributed by atoms with Crippen molar-refractivity contribution in [1.82, 2.24) is 4.90 Å². The largest absolute Gasteiger partial charge is 0.444 e. The fourth-order valence-corrected chi connectivity index (χ4v) is 3.38. The number of rotatable bonds is 5. The van der Waals surface area contributed by atoms with E-state index in [0.29, 0.717) is 26.2 Å². The van der Waals surface area contributed by atoms with Gasteiger partial charge in [-0.1, -0.05) is 18.2 Å². The standard InChI is InChI=1S/C23H31FN4O2/c1-23(2,3)30-22(29)28-12-10-27(11-13-28)20-9-6-18(15-25)21(14-20)26-16-17-4-7-19(24)8-5-17/h4-9,14,26H,10-13,15-16,25H2,1-3H3. The molecule has 1 fully saturated rings. The average molecular weight is 415 g/mol. The summed E-state index contributed by atoms with van der Waals surface area (Å²) in [6.07, 6.45) is -0.262. The van der Waals surface area contributed by atoms with Gasteiger partial charge in [0.25, 0.3) is 0 Å². The average Bonchev–Trinajstić information content (AvgIpc) is 2.72. The number of halogens is 1. The van der Waals surface area contributed by atoms with Crippen molar-refractivity contribution < 1.29 is 13.9 Å². The first-order chi connectivity index (χ1) is 14.2. The van der Waals surface area contributed by atoms with Gasteiger partial charge < -0.3 is 25.6 Å². The molecule has 0 atom stereocenters. The molecule has 0 bridgehead atoms. The highest BCUT2D eigenvalue weighted by Gasteiger charge is 2.26. The summed E-state index contributed by atoms with van der Waals surface area (Å²) in [5, 5.41) is 3.42. The van der Waals surface area contributed by atoms with Crippen molar-refractivity contribution in [3.63, 3.8) is 0 Å². The van der Waals surface area contributed by atoms with Crippen LogP contribution < -0.4 is 16.0 Å². The van der Waals surface area contributed by atoms with Crippen LogP contribution in [0.5, 0.6) is 0 Å². The third kappa shape index (κ3) is 5.86. The molecule has 2 aromatic carbocycles. The summed E-state index contributed by atoms with van der Waals surface area (Å²) < 4.78 is 18.6. The summed E-state index contributed by atoms with van der Waals surface area (Å²) in [7, 11) is 0. The van der Waals surface area contributed by atoms with Crippen LogP contribution in [0.3, 0.4) is 0 Å². The van der Waals surface area contributed by atoms with E-state index in [1.54, 1.807) is 17.0 Å². The lowest BCUT2D eigenvalue weighted by atomic mass is 10.1. The number of piperazine rings is 1. The maximum Gasteiger partial charge on any atom is 0.410 e. The summed E-state index contributed by atoms with van der Waals surface area (Å²) in [5.41, 5.74) is 9.49. The van der Waals surface area contributed by atoms with Gasteiger partial charge in [-0.25, -0.2) is 9.18 Å². The second kappa shape index (κ2) is 9.34. The number of benzene rings is 2. The van der Waals surface area contributed by atoms with Gasteiger partial charge in [0.1, 0.15) is 11.4 Å². The molecule has 3 N–H and O–H groups in total. The zero-order valence-electron chi connectivity index (χ0n) is 18.0. The fraction of sp³-hybridized carbons (Fsp3) is 0.435. The van der Waals surface area contributed by atoms with Crippen LogP contribution >= 0.6 is 0 Å². The highest BCUT2D eigenvalue weighted by Crippen LogP contribution is 2.26. The summed E-state index contributed by atoms with van der Waals surface area (Å²) in [4.78, 5) is 16.3. The van der Waals surface area contributed by atoms with Gasteiger partial charge in [0.15, 0.2) is 0 Å². The summed E-state index contributed by atoms with van der Waals surface area (Å²) >= 11 is 0. The molecule has 7 heteroatoms. The Labute approximate surface area is 177 Å². The number of hydrogen-bond acceptors (Lipinski definition) is 5. The number of nitrogens with zero attached hydrogens (tertiary/aromatic N) is 2. The summed E-state index contributed by atoms with van der Waals surface area (Å²) in [6.45, 7) is 9.35. The zero-order chi connectivity index (χ0) is 21.7. The third-order valence-corrected chi connectivity index (χ3v) is 5.01. The van der Waals surface area contributed by atoms with Gasteiger partial charge >= 0.3 is 6.09 Å². The van der Waals surface area contributed by atoms with E-state index in [1.165, 1.54) is 12.1 Å². The van der Waals surface area contributed by atoms with Gasteiger partial charge in [-0.2, -0.15) is 0 Å². The molecule has 0 saturated carbocycles. The van der Waals surface area contributed by atoms with Crippen LogP contribution in [0.1, 0.15) is 31.9 Å². The van der Waals surface area contributed by atoms with Crippen molar-refractivity contribution in [2.45, 2.75) is 39.5 Å². The van der Waals surface area contributed by atoms with E-state index in [0.717, 1.165) is 35.6 Å². The Morgan fingerprint density at radius 2 is 1.77 bits per heavy atom. The molecular formula is C23H31FN4O2. The minimum absolute atomic E-state index is 0.242. The first-order valence-electron chi connectivity index (χ1n) is 10.3. The maximum atomic E-state index is 13.1. The Morgan fingerprint density at radius 1 is 1.10 bits per heavy atom. The molecule has 1 aliphatic rings. The van der Waals surface area contributed by atoms with Gasteiger partial charge in [-0.05, 0) is 56.2 Å². The number of carbonyl (C=O) groups excluding carboxylic acids is 1. The van der Waals surface area contributed by atoms with E-state index >= 15 is 0 Å². The molecule has 1 amide bonds. The van der Waals surface area contributed by atoms with E-state index in [9.17, 15) is 9.18 Å². The molecule has 0 spiro atoms. The Morgan fingerprint density at radius 3 is 2.37 bits per heavy atom. The van der Waals surface area contributed by atoms with E-state index in [4.69, 9.17) is 10.5 Å². The first-order valence-corrected chi connectivity index (χ1v) is 10.3. The van der Waals surface area contributed by atoms with E-state index in [1.807, 2.05) is 26.8 Å². The maximum absolute atomic E-state index is 13.1. The normalized spacial score (nSPS) is 14.6. The van der Waals surface area contributed by atoms with Gasteiger partial charge in [0.2, 0.25) is 0 Å². The van der Waals surface area contributed by atoms with E-state index in [-0.39, 0.29) is 11.9 Å². The highest BCUT2D eigenvalue weighted by atomic mass is 19.1. The van der Waals surface area contributed by atoms with Crippen molar-refractivity contribution >= 4 is 17.5 Å². The molecule has 2 aromatic rings. The third-order valence-electron chi connectivity index (χ3n) is 5.01. The first kappa shape index (κ1) is 21.9. The van der Waals surface area contributed by atoms with Crippen molar-refractivity contribution in [1.29, 1.82) is 0 Å². The second-order valence-corrected chi connectivity index (χ2v) is 8.48. The van der Waals surface area contributed by atoms with Gasteiger partial charge in [-0.15, -0.1) is 0 Å². The van der Waals surface area contributed by atoms with Crippen LogP contribution in [0.25, 0.3) is 0 Å². The Balaban J connectivity index is 1.63. The molecule has 0 radical (unpaired) electrons. The molecular weight excluding hydrogens is 383 g/mol. The minimum atomic E-state index is -0.489. The summed E-state index contributed by atoms with van der Waals surface area (Å²) in [5.74, 6) is -0.242. The molecule has 3 rings (SSSR count). The van der Waals surface area contributed by atoms with Crippen LogP contribution in [0.15, 0.2) is 42.5 Å². The van der Waals surface area contributed by atoms with Gasteiger partial charge in [0, 0.05) is 50.6 Å². The molecule has 0 unspecified atom stereocenters. The molecule has 1 aliphatic heterocycles. The van der Waals surface area contributed by atoms with Gasteiger partial charge in [-0.3, -0.25) is 0 Å². The number of nitrogens with one attached hydrogen (secondary N) is 1. The minimum Gasteiger partial charge on any atom is -0.444 e. The number of hydrogen-bond donors (Lipinski definition) is 2. The number of nitrogens with two attached hydrogens (primary N) is 1. The van der Waals surface area contributed by atoms with Crippen LogP contribution in [0.2, 0.25) is 0 Å². The lowest BCUT2D eigenvalue weighted by Crippen LogP contribution is -2.50. The van der Waals surface area contributed by atoms with Crippen LogP contribution in [-0.2, 0) is 17.8 Å². The van der Waals surface area contributed by atoms with Gasteiger partial charge in [0.05, 0.1) is 0 Å². The Bertz CT molecular complexity index is 856. The predicted octanol–water partition coefficient (Wildman–Crippen LogP) is 3.95. The quantitative estimate of drug-likeness (QED) is 0.775. The molecule has 6 nitrogen and oxygen atoms in total. The second-order valence-electron chi connectivity index (χ2n) is 8.48. The summed E-state index contributed by atoms with van der Waals surface area (Å²) in [6, 6.07) is 12.6. The zero-order valence-corrected chi connectivity index (χ0v) is 18.0. The molecule has 1 heterocycles. The molecule has 0 aliphatic carbocycles. The highest BCUT2D eigenvalue weighted by molar-refractivity contribution is 5.69. The number of carbonyl (C=O) groups is 1. The predicted molar refractivity (Wildman–Crippen MR) is 118 cm³/mol. The van der Waals surface area contributed by atoms with Crippen molar-refractivity contribution in [2.24, 2.45) is 5.73 Å². The number of ether oxygens (including phenoxy) is 1. The van der Waals surface area contributed by atoms with Crippen molar-refractivity contribution in [2.75, 3.05) is 36.4 Å². The van der Waals surface area contributed by atoms with Crippen LogP contribution in [-0.4, -0.2) is 42.8 Å². The molecule has 162 valence electrons. The number of amides is 1. The lowest BCUT2D eigenvalue weighted by molar-refractivity contribution is 0.0240. The van der Waals surface area contributed by atoms with Crippen LogP contribution in [0.4, 0.5) is 20.6 Å². The SMILES string of the molecule is CC(C)(C)OC(=O)N1CCN(c2ccc(CN)c(NCc3ccc(F)cc3)c2)CC1. The Kier molecular flexibility index (Phi) is 6.82. The monoisotopic (exact) mass is 414 g/mol. The van der Waals surface area contributed by atoms with Crippen molar-refractivity contribution in [3.8, 4) is 0 Å². The van der Waals surface area contributed by atoms with Crippen LogP contribution in [0, 0.1) is 5.82 Å². The smallest absolute Gasteiger partial charge is 0.410 e. The van der Waals surface area contributed by atoms with E-state index in [2.05, 4.69) is 22.3 Å². The molecule has 1 saturated heterocycles. The van der Waals surface area contributed by atoms with E-state index < -0.39 is 5.60 Å². The van der Waals surface area contributed by atoms with Crippen molar-refractivity contribution in [3.05, 3.63) is 59.4 Å². The fourth-order valence-electron chi connectivity index (χ4n) is 3.38. The molecule has 30 heavy (non-hydrogen) atoms. The lowest BCUT2D eigenvalue weighted by Gasteiger charge is -2.37. The topological polar surface area (TPSA) is 70.8 Å². The number of anilines is 2.